The molecule has 0 aromatic carbocycles. The molecule has 0 aliphatic rings. The van der Waals surface area contributed by atoms with Crippen molar-refractivity contribution >= 4 is 11.6 Å². The Balaban J connectivity index is 2.17. The lowest BCUT2D eigenvalue weighted by Gasteiger charge is -2.29. The lowest BCUT2D eigenvalue weighted by atomic mass is 9.83. The second-order valence-electron chi connectivity index (χ2n) is 6.39. The minimum absolute atomic E-state index is 0.0520. The van der Waals surface area contributed by atoms with Crippen LogP contribution in [0.2, 0.25) is 0 Å². The minimum atomic E-state index is -0.270. The van der Waals surface area contributed by atoms with E-state index in [4.69, 9.17) is 0 Å². The Labute approximate surface area is 141 Å². The first kappa shape index (κ1) is 18.2. The molecule has 2 aromatic rings. The molecular weight excluding hydrogens is 308 g/mol. The van der Waals surface area contributed by atoms with Gasteiger partial charge in [0.1, 0.15) is 0 Å². The SMILES string of the molecule is CCC(CC)(CO)CNC(=O)Cc1c(C)nc2cc(=O)[nH]n2c1C. The van der Waals surface area contributed by atoms with E-state index >= 15 is 0 Å². The highest BCUT2D eigenvalue weighted by atomic mass is 16.3. The van der Waals surface area contributed by atoms with Crippen molar-refractivity contribution in [3.05, 3.63) is 33.4 Å². The van der Waals surface area contributed by atoms with Crippen molar-refractivity contribution in [3.8, 4) is 0 Å². The van der Waals surface area contributed by atoms with E-state index < -0.39 is 0 Å². The maximum absolute atomic E-state index is 12.4. The molecule has 0 fully saturated rings. The van der Waals surface area contributed by atoms with E-state index in [9.17, 15) is 14.7 Å². The number of H-pyrrole nitrogens is 1. The Bertz CT molecular complexity index is 779. The van der Waals surface area contributed by atoms with Gasteiger partial charge < -0.3 is 10.4 Å². The number of aromatic nitrogens is 3. The predicted octanol–water partition coefficient (Wildman–Crippen LogP) is 1.10. The molecule has 7 heteroatoms. The molecule has 0 aliphatic carbocycles. The number of aliphatic hydroxyl groups excluding tert-OH is 1. The Morgan fingerprint density at radius 3 is 2.62 bits per heavy atom. The van der Waals surface area contributed by atoms with Crippen LogP contribution in [0, 0.1) is 19.3 Å². The van der Waals surface area contributed by atoms with Crippen LogP contribution in [-0.4, -0.2) is 38.8 Å². The zero-order valence-electron chi connectivity index (χ0n) is 14.8. The average Bonchev–Trinajstić information content (AvgIpc) is 2.94. The number of aliphatic hydroxyl groups is 1. The van der Waals surface area contributed by atoms with Crippen LogP contribution in [0.5, 0.6) is 0 Å². The number of nitrogens with one attached hydrogen (secondary N) is 2. The van der Waals surface area contributed by atoms with Gasteiger partial charge in [-0.05, 0) is 26.7 Å². The van der Waals surface area contributed by atoms with Gasteiger partial charge in [-0.3, -0.25) is 14.7 Å². The molecule has 0 aliphatic heterocycles. The number of carbonyl (C=O) groups excluding carboxylic acids is 1. The van der Waals surface area contributed by atoms with Gasteiger partial charge in [0.15, 0.2) is 5.65 Å². The molecule has 0 saturated heterocycles. The molecule has 0 radical (unpaired) electrons. The second-order valence-corrected chi connectivity index (χ2v) is 6.39. The van der Waals surface area contributed by atoms with Gasteiger partial charge in [-0.15, -0.1) is 0 Å². The third-order valence-electron chi connectivity index (χ3n) is 5.04. The summed E-state index contributed by atoms with van der Waals surface area (Å²) in [6.07, 6.45) is 1.79. The number of aryl methyl sites for hydroxylation is 2. The molecule has 24 heavy (non-hydrogen) atoms. The van der Waals surface area contributed by atoms with Gasteiger partial charge in [0.2, 0.25) is 5.91 Å². The maximum atomic E-state index is 12.4. The summed E-state index contributed by atoms with van der Waals surface area (Å²) in [6, 6.07) is 1.43. The molecule has 3 N–H and O–H groups in total. The molecule has 0 spiro atoms. The van der Waals surface area contributed by atoms with Crippen LogP contribution in [0.25, 0.3) is 5.65 Å². The number of amides is 1. The topological polar surface area (TPSA) is 99.5 Å². The summed E-state index contributed by atoms with van der Waals surface area (Å²) in [5, 5.41) is 15.2. The summed E-state index contributed by atoms with van der Waals surface area (Å²) in [6.45, 7) is 8.22. The fraction of sp³-hybridized carbons (Fsp3) is 0.588. The van der Waals surface area contributed by atoms with Gasteiger partial charge in [0, 0.05) is 35.0 Å². The summed E-state index contributed by atoms with van der Waals surface area (Å²) in [7, 11) is 0. The third-order valence-corrected chi connectivity index (χ3v) is 5.04. The smallest absolute Gasteiger partial charge is 0.266 e. The van der Waals surface area contributed by atoms with E-state index in [2.05, 4.69) is 15.4 Å². The van der Waals surface area contributed by atoms with Gasteiger partial charge in [-0.1, -0.05) is 13.8 Å². The number of carbonyl (C=O) groups is 1. The van der Waals surface area contributed by atoms with Crippen molar-refractivity contribution in [1.29, 1.82) is 0 Å². The quantitative estimate of drug-likeness (QED) is 0.706. The van der Waals surface area contributed by atoms with E-state index in [1.807, 2.05) is 27.7 Å². The van der Waals surface area contributed by atoms with Crippen LogP contribution >= 0.6 is 0 Å². The van der Waals surface area contributed by atoms with Gasteiger partial charge in [0.25, 0.3) is 5.56 Å². The highest BCUT2D eigenvalue weighted by molar-refractivity contribution is 5.79. The highest BCUT2D eigenvalue weighted by Crippen LogP contribution is 2.24. The summed E-state index contributed by atoms with van der Waals surface area (Å²) in [4.78, 5) is 28.2. The molecule has 7 nitrogen and oxygen atoms in total. The summed E-state index contributed by atoms with van der Waals surface area (Å²) in [5.74, 6) is -0.114. The molecule has 0 saturated carbocycles. The second kappa shape index (κ2) is 7.17. The average molecular weight is 334 g/mol. The Kier molecular flexibility index (Phi) is 5.43. The van der Waals surface area contributed by atoms with E-state index in [-0.39, 0.29) is 29.9 Å². The molecule has 2 heterocycles. The van der Waals surface area contributed by atoms with E-state index in [1.165, 1.54) is 6.07 Å². The number of rotatable bonds is 7. The normalized spacial score (nSPS) is 11.9. The van der Waals surface area contributed by atoms with Crippen LogP contribution in [0.1, 0.15) is 43.6 Å². The zero-order valence-corrected chi connectivity index (χ0v) is 14.8. The standard InChI is InChI=1S/C17H26N4O3/c1-5-17(6-2,10-22)9-18-15(23)7-13-11(3)19-14-8-16(24)20-21(14)12(13)4/h8,22H,5-7,9-10H2,1-4H3,(H,18,23)(H,20,24). The van der Waals surface area contributed by atoms with Gasteiger partial charge >= 0.3 is 0 Å². The van der Waals surface area contributed by atoms with Crippen LogP contribution in [0.4, 0.5) is 0 Å². The molecule has 0 bridgehead atoms. The Morgan fingerprint density at radius 2 is 2.04 bits per heavy atom. The van der Waals surface area contributed by atoms with Crippen molar-refractivity contribution in [3.63, 3.8) is 0 Å². The summed E-state index contributed by atoms with van der Waals surface area (Å²) < 4.78 is 1.61. The van der Waals surface area contributed by atoms with Crippen molar-refractivity contribution in [1.82, 2.24) is 19.9 Å². The Hall–Kier alpha value is -2.15. The van der Waals surface area contributed by atoms with Crippen LogP contribution in [-0.2, 0) is 11.2 Å². The number of fused-ring (bicyclic) bond motifs is 1. The first-order valence-corrected chi connectivity index (χ1v) is 8.31. The summed E-state index contributed by atoms with van der Waals surface area (Å²) >= 11 is 0. The molecule has 2 aromatic heterocycles. The minimum Gasteiger partial charge on any atom is -0.396 e. The summed E-state index contributed by atoms with van der Waals surface area (Å²) in [5.41, 5.74) is 2.40. The largest absolute Gasteiger partial charge is 0.396 e. The monoisotopic (exact) mass is 334 g/mol. The molecule has 0 unspecified atom stereocenters. The highest BCUT2D eigenvalue weighted by Gasteiger charge is 2.26. The van der Waals surface area contributed by atoms with Crippen LogP contribution in [0.15, 0.2) is 10.9 Å². The maximum Gasteiger partial charge on any atom is 0.266 e. The fourth-order valence-corrected chi connectivity index (χ4v) is 2.90. The molecule has 2 rings (SSSR count). The predicted molar refractivity (Wildman–Crippen MR) is 92.1 cm³/mol. The van der Waals surface area contributed by atoms with Gasteiger partial charge in [-0.2, -0.15) is 0 Å². The van der Waals surface area contributed by atoms with Gasteiger partial charge in [0.05, 0.1) is 13.0 Å². The van der Waals surface area contributed by atoms with E-state index in [0.717, 1.165) is 29.8 Å². The number of hydrogen-bond donors (Lipinski definition) is 3. The van der Waals surface area contributed by atoms with Crippen molar-refractivity contribution < 1.29 is 9.90 Å². The van der Waals surface area contributed by atoms with E-state index in [1.54, 1.807) is 4.52 Å². The molecule has 0 atom stereocenters. The zero-order chi connectivity index (χ0) is 17.9. The molecular formula is C17H26N4O3. The third kappa shape index (κ3) is 3.51. The van der Waals surface area contributed by atoms with Crippen LogP contribution < -0.4 is 10.9 Å². The Morgan fingerprint density at radius 1 is 1.38 bits per heavy atom. The van der Waals surface area contributed by atoms with Crippen molar-refractivity contribution in [2.24, 2.45) is 5.41 Å². The molecule has 132 valence electrons. The number of aromatic amines is 1. The fourth-order valence-electron chi connectivity index (χ4n) is 2.90. The van der Waals surface area contributed by atoms with Crippen molar-refractivity contribution in [2.75, 3.05) is 13.2 Å². The lowest BCUT2D eigenvalue weighted by Crippen LogP contribution is -2.40. The van der Waals surface area contributed by atoms with Crippen LogP contribution in [0.3, 0.4) is 0 Å². The lowest BCUT2D eigenvalue weighted by molar-refractivity contribution is -0.121. The first-order chi connectivity index (χ1) is 11.4. The first-order valence-electron chi connectivity index (χ1n) is 8.31. The number of hydrogen-bond acceptors (Lipinski definition) is 4. The van der Waals surface area contributed by atoms with E-state index in [0.29, 0.717) is 12.2 Å². The van der Waals surface area contributed by atoms with Gasteiger partial charge in [-0.25, -0.2) is 9.50 Å². The number of nitrogens with zero attached hydrogens (tertiary/aromatic N) is 2. The van der Waals surface area contributed by atoms with Crippen molar-refractivity contribution in [2.45, 2.75) is 47.0 Å². The molecule has 1 amide bonds.